The minimum absolute atomic E-state index is 0.0554. The molecule has 0 aliphatic rings. The van der Waals surface area contributed by atoms with Crippen LogP contribution in [0.5, 0.6) is 5.75 Å². The van der Waals surface area contributed by atoms with Crippen LogP contribution in [0, 0.1) is 0 Å². The van der Waals surface area contributed by atoms with Crippen molar-refractivity contribution in [2.24, 2.45) is 0 Å². The van der Waals surface area contributed by atoms with Crippen molar-refractivity contribution in [3.63, 3.8) is 0 Å². The third kappa shape index (κ3) is 5.55. The molecule has 5 rings (SSSR count). The molecule has 0 spiro atoms. The first-order chi connectivity index (χ1) is 18.5. The smallest absolute Gasteiger partial charge is 0.185 e. The number of nitrogens with zero attached hydrogens (tertiary/aromatic N) is 3. The van der Waals surface area contributed by atoms with Crippen molar-refractivity contribution in [2.75, 3.05) is 31.4 Å². The summed E-state index contributed by atoms with van der Waals surface area (Å²) in [5.41, 5.74) is 6.12. The number of methoxy groups -OCH3 is 1. The highest BCUT2D eigenvalue weighted by molar-refractivity contribution is 6.07. The van der Waals surface area contributed by atoms with Crippen LogP contribution in [-0.2, 0) is 0 Å². The number of allylic oxidation sites excluding steroid dienone is 1. The first-order valence-corrected chi connectivity index (χ1v) is 12.3. The number of rotatable bonds is 8. The lowest BCUT2D eigenvalue weighted by atomic mass is 10.0. The molecule has 0 bridgehead atoms. The maximum absolute atomic E-state index is 12.8. The van der Waals surface area contributed by atoms with Gasteiger partial charge in [0.1, 0.15) is 11.6 Å². The lowest BCUT2D eigenvalue weighted by Crippen LogP contribution is -2.07. The predicted molar refractivity (Wildman–Crippen MR) is 155 cm³/mol. The third-order valence-electron chi connectivity index (χ3n) is 6.26. The van der Waals surface area contributed by atoms with Gasteiger partial charge in [0.2, 0.25) is 0 Å². The molecule has 2 heterocycles. The molecular formula is C32H28N4O2. The number of nitrogens with one attached hydrogen (secondary N) is 1. The molecule has 0 saturated carbocycles. The summed E-state index contributed by atoms with van der Waals surface area (Å²) < 4.78 is 5.31. The Morgan fingerprint density at radius 1 is 0.921 bits per heavy atom. The molecule has 0 amide bonds. The second kappa shape index (κ2) is 11.0. The average Bonchev–Trinajstić information content (AvgIpc) is 2.96. The number of hydrogen-bond donors (Lipinski definition) is 1. The standard InChI is InChI=1S/C32H28N4O2/c1-36(2)27-15-6-22(7-16-27)8-19-30(37)24-9-13-26(14-10-24)34-32-29(23-11-17-28(38-3)18-12-23)21-25-5-4-20-33-31(25)35-32/h4-21H,1-3H3,(H,33,34,35). The number of fused-ring (bicyclic) bond motifs is 1. The van der Waals surface area contributed by atoms with E-state index in [1.54, 1.807) is 19.4 Å². The van der Waals surface area contributed by atoms with Gasteiger partial charge in [0.15, 0.2) is 11.4 Å². The van der Waals surface area contributed by atoms with E-state index in [9.17, 15) is 4.79 Å². The second-order valence-corrected chi connectivity index (χ2v) is 9.05. The molecule has 0 atom stereocenters. The molecule has 0 aliphatic carbocycles. The topological polar surface area (TPSA) is 67.4 Å². The minimum Gasteiger partial charge on any atom is -0.497 e. The van der Waals surface area contributed by atoms with Crippen LogP contribution in [0.25, 0.3) is 28.2 Å². The number of ketones is 1. The summed E-state index contributed by atoms with van der Waals surface area (Å²) in [5.74, 6) is 1.42. The number of ether oxygens (including phenoxy) is 1. The van der Waals surface area contributed by atoms with Crippen LogP contribution in [0.15, 0.2) is 103 Å². The molecule has 6 heteroatoms. The quantitative estimate of drug-likeness (QED) is 0.183. The van der Waals surface area contributed by atoms with Gasteiger partial charge in [-0.25, -0.2) is 9.97 Å². The molecule has 6 nitrogen and oxygen atoms in total. The first-order valence-electron chi connectivity index (χ1n) is 12.3. The summed E-state index contributed by atoms with van der Waals surface area (Å²) in [7, 11) is 5.65. The fourth-order valence-corrected chi connectivity index (χ4v) is 4.10. The number of carbonyl (C=O) groups is 1. The van der Waals surface area contributed by atoms with Gasteiger partial charge in [0.05, 0.1) is 7.11 Å². The SMILES string of the molecule is COc1ccc(-c2cc3cccnc3nc2Nc2ccc(C(=O)C=Cc3ccc(N(C)C)cc3)cc2)cc1. The van der Waals surface area contributed by atoms with Gasteiger partial charge in [-0.15, -0.1) is 0 Å². The Morgan fingerprint density at radius 2 is 1.66 bits per heavy atom. The van der Waals surface area contributed by atoms with Crippen LogP contribution >= 0.6 is 0 Å². The van der Waals surface area contributed by atoms with Gasteiger partial charge in [-0.1, -0.05) is 30.3 Å². The molecule has 3 aromatic carbocycles. The summed E-state index contributed by atoms with van der Waals surface area (Å²) in [6.45, 7) is 0. The van der Waals surface area contributed by atoms with Crippen LogP contribution in [-0.4, -0.2) is 37.0 Å². The van der Waals surface area contributed by atoms with Crippen LogP contribution in [0.4, 0.5) is 17.2 Å². The van der Waals surface area contributed by atoms with Crippen LogP contribution in [0.1, 0.15) is 15.9 Å². The van der Waals surface area contributed by atoms with Gasteiger partial charge in [0, 0.05) is 48.2 Å². The van der Waals surface area contributed by atoms with Gasteiger partial charge in [-0.05, 0) is 83.9 Å². The molecule has 38 heavy (non-hydrogen) atoms. The summed E-state index contributed by atoms with van der Waals surface area (Å²) in [6.07, 6.45) is 5.17. The highest BCUT2D eigenvalue weighted by Crippen LogP contribution is 2.32. The number of carbonyl (C=O) groups excluding carboxylic acids is 1. The van der Waals surface area contributed by atoms with E-state index in [1.165, 1.54) is 0 Å². The highest BCUT2D eigenvalue weighted by Gasteiger charge is 2.11. The Bertz CT molecular complexity index is 1590. The van der Waals surface area contributed by atoms with Crippen LogP contribution < -0.4 is 15.0 Å². The fourth-order valence-electron chi connectivity index (χ4n) is 4.10. The van der Waals surface area contributed by atoms with E-state index in [0.717, 1.165) is 39.2 Å². The highest BCUT2D eigenvalue weighted by atomic mass is 16.5. The molecule has 188 valence electrons. The van der Waals surface area contributed by atoms with E-state index < -0.39 is 0 Å². The van der Waals surface area contributed by atoms with Crippen molar-refractivity contribution >= 4 is 40.1 Å². The number of pyridine rings is 2. The Balaban J connectivity index is 1.37. The monoisotopic (exact) mass is 500 g/mol. The summed E-state index contributed by atoms with van der Waals surface area (Å²) >= 11 is 0. The lowest BCUT2D eigenvalue weighted by Gasteiger charge is -2.13. The van der Waals surface area contributed by atoms with Gasteiger partial charge >= 0.3 is 0 Å². The van der Waals surface area contributed by atoms with Crippen LogP contribution in [0.2, 0.25) is 0 Å². The summed E-state index contributed by atoms with van der Waals surface area (Å²) in [6, 6.07) is 29.3. The molecule has 0 saturated heterocycles. The first kappa shape index (κ1) is 24.7. The summed E-state index contributed by atoms with van der Waals surface area (Å²) in [4.78, 5) is 24.0. The normalized spacial score (nSPS) is 11.0. The zero-order chi connectivity index (χ0) is 26.5. The van der Waals surface area contributed by atoms with Crippen LogP contribution in [0.3, 0.4) is 0 Å². The molecule has 0 radical (unpaired) electrons. The number of hydrogen-bond acceptors (Lipinski definition) is 6. The molecule has 1 N–H and O–H groups in total. The summed E-state index contributed by atoms with van der Waals surface area (Å²) in [5, 5.41) is 4.37. The molecule has 0 aliphatic heterocycles. The maximum Gasteiger partial charge on any atom is 0.185 e. The lowest BCUT2D eigenvalue weighted by molar-refractivity contribution is 0.104. The third-order valence-corrected chi connectivity index (χ3v) is 6.26. The van der Waals surface area contributed by atoms with Crippen molar-refractivity contribution < 1.29 is 9.53 Å². The van der Waals surface area contributed by atoms with E-state index in [2.05, 4.69) is 16.4 Å². The van der Waals surface area contributed by atoms with Gasteiger partial charge in [0.25, 0.3) is 0 Å². The number of anilines is 3. The second-order valence-electron chi connectivity index (χ2n) is 9.05. The minimum atomic E-state index is -0.0554. The Hall–Kier alpha value is -4.97. The van der Waals surface area contributed by atoms with Crippen molar-refractivity contribution in [1.82, 2.24) is 9.97 Å². The van der Waals surface area contributed by atoms with Gasteiger partial charge < -0.3 is 15.0 Å². The Morgan fingerprint density at radius 3 is 2.34 bits per heavy atom. The van der Waals surface area contributed by atoms with E-state index in [-0.39, 0.29) is 5.78 Å². The van der Waals surface area contributed by atoms with E-state index in [0.29, 0.717) is 17.0 Å². The van der Waals surface area contributed by atoms with E-state index in [1.807, 2.05) is 110 Å². The zero-order valence-corrected chi connectivity index (χ0v) is 21.6. The van der Waals surface area contributed by atoms with Gasteiger partial charge in [-0.3, -0.25) is 4.79 Å². The largest absolute Gasteiger partial charge is 0.497 e. The zero-order valence-electron chi connectivity index (χ0n) is 21.6. The van der Waals surface area contributed by atoms with E-state index >= 15 is 0 Å². The molecule has 2 aromatic heterocycles. The molecule has 5 aromatic rings. The Kier molecular flexibility index (Phi) is 7.13. The van der Waals surface area contributed by atoms with Crippen molar-refractivity contribution in [1.29, 1.82) is 0 Å². The van der Waals surface area contributed by atoms with Crippen molar-refractivity contribution in [3.05, 3.63) is 114 Å². The number of benzene rings is 3. The van der Waals surface area contributed by atoms with Crippen molar-refractivity contribution in [2.45, 2.75) is 0 Å². The average molecular weight is 501 g/mol. The molecule has 0 unspecified atom stereocenters. The maximum atomic E-state index is 12.8. The fraction of sp³-hybridized carbons (Fsp3) is 0.0938. The van der Waals surface area contributed by atoms with E-state index in [4.69, 9.17) is 9.72 Å². The van der Waals surface area contributed by atoms with Crippen molar-refractivity contribution in [3.8, 4) is 16.9 Å². The molecule has 0 fully saturated rings. The van der Waals surface area contributed by atoms with Gasteiger partial charge in [-0.2, -0.15) is 0 Å². The predicted octanol–water partition coefficient (Wildman–Crippen LogP) is 7.01. The molecular weight excluding hydrogens is 472 g/mol. The Labute approximate surface area is 222 Å². The number of aromatic nitrogens is 2.